The zero-order chi connectivity index (χ0) is 16.9. The van der Waals surface area contributed by atoms with Crippen molar-refractivity contribution in [1.29, 1.82) is 0 Å². The van der Waals surface area contributed by atoms with E-state index >= 15 is 0 Å². The molecule has 2 aromatic heterocycles. The number of hydrogen-bond donors (Lipinski definition) is 0. The summed E-state index contributed by atoms with van der Waals surface area (Å²) in [6, 6.07) is 15.9. The van der Waals surface area contributed by atoms with Crippen LogP contribution in [-0.2, 0) is 13.0 Å². The van der Waals surface area contributed by atoms with E-state index in [4.69, 9.17) is 4.52 Å². The monoisotopic (exact) mass is 340 g/mol. The molecule has 0 aliphatic carbocycles. The molecule has 2 heterocycles. The Labute approximate surface area is 145 Å². The van der Waals surface area contributed by atoms with Crippen molar-refractivity contribution in [3.63, 3.8) is 0 Å². The van der Waals surface area contributed by atoms with Crippen LogP contribution in [0.25, 0.3) is 0 Å². The lowest BCUT2D eigenvalue weighted by atomic mass is 10.1. The second-order valence-corrected chi connectivity index (χ2v) is 6.91. The topological polar surface area (TPSA) is 46.3 Å². The van der Waals surface area contributed by atoms with Crippen LogP contribution in [0.4, 0.5) is 0 Å². The van der Waals surface area contributed by atoms with E-state index in [2.05, 4.69) is 23.5 Å². The molecule has 0 fully saturated rings. The molecule has 0 saturated heterocycles. The van der Waals surface area contributed by atoms with Crippen molar-refractivity contribution in [2.45, 2.75) is 32.9 Å². The molecule has 0 bridgehead atoms. The zero-order valence-electron chi connectivity index (χ0n) is 13.8. The highest BCUT2D eigenvalue weighted by Gasteiger charge is 2.24. The van der Waals surface area contributed by atoms with Gasteiger partial charge in [-0.25, -0.2) is 0 Å². The maximum atomic E-state index is 12.9. The number of aromatic nitrogens is 1. The number of aryl methyl sites for hydroxylation is 1. The van der Waals surface area contributed by atoms with E-state index in [1.807, 2.05) is 41.3 Å². The molecule has 1 atom stereocenters. The van der Waals surface area contributed by atoms with Crippen molar-refractivity contribution in [3.8, 4) is 0 Å². The van der Waals surface area contributed by atoms with Crippen LogP contribution in [0.5, 0.6) is 0 Å². The van der Waals surface area contributed by atoms with Crippen LogP contribution in [0.2, 0.25) is 0 Å². The van der Waals surface area contributed by atoms with E-state index in [-0.39, 0.29) is 11.9 Å². The fourth-order valence-electron chi connectivity index (χ4n) is 2.65. The second kappa shape index (κ2) is 7.45. The van der Waals surface area contributed by atoms with Gasteiger partial charge in [0, 0.05) is 30.0 Å². The minimum absolute atomic E-state index is 0.0633. The maximum absolute atomic E-state index is 12.9. The van der Waals surface area contributed by atoms with Crippen LogP contribution in [0, 0.1) is 6.92 Å². The van der Waals surface area contributed by atoms with E-state index in [1.165, 1.54) is 4.88 Å². The van der Waals surface area contributed by atoms with Crippen molar-refractivity contribution in [1.82, 2.24) is 10.1 Å². The third kappa shape index (κ3) is 3.92. The molecule has 0 radical (unpaired) electrons. The quantitative estimate of drug-likeness (QED) is 0.671. The largest absolute Gasteiger partial charge is 0.361 e. The summed E-state index contributed by atoms with van der Waals surface area (Å²) in [7, 11) is 0. The standard InChI is InChI=1S/C19H20N2O2S/c1-14(11-17-9-6-10-24-17)21(13-16-7-4-3-5-8-16)19(22)18-12-15(2)23-20-18/h3-10,12,14H,11,13H2,1-2H3/t14-/m1/s1. The van der Waals surface area contributed by atoms with Crippen LogP contribution >= 0.6 is 11.3 Å². The molecule has 0 aliphatic rings. The lowest BCUT2D eigenvalue weighted by Crippen LogP contribution is -2.39. The first-order valence-corrected chi connectivity index (χ1v) is 8.82. The predicted molar refractivity (Wildman–Crippen MR) is 95.0 cm³/mol. The SMILES string of the molecule is Cc1cc(C(=O)N(Cc2ccccc2)[C@H](C)Cc2cccs2)no1. The normalized spacial score (nSPS) is 12.1. The van der Waals surface area contributed by atoms with Crippen molar-refractivity contribution in [3.05, 3.63) is 75.8 Å². The van der Waals surface area contributed by atoms with Gasteiger partial charge in [0.25, 0.3) is 5.91 Å². The van der Waals surface area contributed by atoms with E-state index in [9.17, 15) is 4.79 Å². The van der Waals surface area contributed by atoms with Gasteiger partial charge >= 0.3 is 0 Å². The summed E-state index contributed by atoms with van der Waals surface area (Å²) in [5.41, 5.74) is 1.46. The average molecular weight is 340 g/mol. The smallest absolute Gasteiger partial charge is 0.276 e. The molecule has 0 saturated carbocycles. The Kier molecular flexibility index (Phi) is 5.11. The second-order valence-electron chi connectivity index (χ2n) is 5.87. The van der Waals surface area contributed by atoms with Gasteiger partial charge in [-0.05, 0) is 30.9 Å². The van der Waals surface area contributed by atoms with Gasteiger partial charge in [-0.3, -0.25) is 4.79 Å². The molecule has 124 valence electrons. The Morgan fingerprint density at radius 2 is 2.04 bits per heavy atom. The molecular weight excluding hydrogens is 320 g/mol. The molecule has 1 amide bonds. The Balaban J connectivity index is 1.83. The van der Waals surface area contributed by atoms with Gasteiger partial charge in [-0.2, -0.15) is 0 Å². The number of thiophene rings is 1. The molecular formula is C19H20N2O2S. The molecule has 3 aromatic rings. The molecule has 1 aromatic carbocycles. The van der Waals surface area contributed by atoms with Crippen LogP contribution in [0.1, 0.15) is 33.6 Å². The van der Waals surface area contributed by atoms with Crippen molar-refractivity contribution >= 4 is 17.2 Å². The number of rotatable bonds is 6. The highest BCUT2D eigenvalue weighted by Crippen LogP contribution is 2.19. The van der Waals surface area contributed by atoms with Crippen molar-refractivity contribution in [2.75, 3.05) is 0 Å². The van der Waals surface area contributed by atoms with E-state index in [0.29, 0.717) is 18.0 Å². The number of hydrogen-bond acceptors (Lipinski definition) is 4. The molecule has 0 spiro atoms. The van der Waals surface area contributed by atoms with Gasteiger partial charge in [-0.15, -0.1) is 11.3 Å². The van der Waals surface area contributed by atoms with E-state index in [1.54, 1.807) is 24.3 Å². The van der Waals surface area contributed by atoms with E-state index in [0.717, 1.165) is 12.0 Å². The van der Waals surface area contributed by atoms with Gasteiger partial charge in [0.05, 0.1) is 0 Å². The highest BCUT2D eigenvalue weighted by molar-refractivity contribution is 7.09. The van der Waals surface area contributed by atoms with Crippen LogP contribution in [0.15, 0.2) is 58.4 Å². The fourth-order valence-corrected chi connectivity index (χ4v) is 3.48. The third-order valence-electron chi connectivity index (χ3n) is 3.91. The number of carbonyl (C=O) groups is 1. The molecule has 0 unspecified atom stereocenters. The molecule has 0 aliphatic heterocycles. The minimum Gasteiger partial charge on any atom is -0.361 e. The van der Waals surface area contributed by atoms with Crippen molar-refractivity contribution < 1.29 is 9.32 Å². The average Bonchev–Trinajstić information content (AvgIpc) is 3.24. The number of benzene rings is 1. The van der Waals surface area contributed by atoms with Crippen LogP contribution in [-0.4, -0.2) is 22.0 Å². The first-order chi connectivity index (χ1) is 11.6. The summed E-state index contributed by atoms with van der Waals surface area (Å²) in [5.74, 6) is 0.545. The summed E-state index contributed by atoms with van der Waals surface area (Å²) in [5, 5.41) is 5.96. The summed E-state index contributed by atoms with van der Waals surface area (Å²) >= 11 is 1.71. The molecule has 4 nitrogen and oxygen atoms in total. The van der Waals surface area contributed by atoms with Gasteiger partial charge in [0.15, 0.2) is 5.69 Å². The Bertz CT molecular complexity index is 781. The minimum atomic E-state index is -0.0974. The molecule has 3 rings (SSSR count). The fraction of sp³-hybridized carbons (Fsp3) is 0.263. The zero-order valence-corrected chi connectivity index (χ0v) is 14.6. The van der Waals surface area contributed by atoms with Gasteiger partial charge in [0.1, 0.15) is 5.76 Å². The highest BCUT2D eigenvalue weighted by atomic mass is 32.1. The lowest BCUT2D eigenvalue weighted by molar-refractivity contribution is 0.0665. The summed E-state index contributed by atoms with van der Waals surface area (Å²) in [4.78, 5) is 16.1. The van der Waals surface area contributed by atoms with Gasteiger partial charge in [-0.1, -0.05) is 41.6 Å². The molecule has 24 heavy (non-hydrogen) atoms. The molecule has 5 heteroatoms. The van der Waals surface area contributed by atoms with Crippen LogP contribution in [0.3, 0.4) is 0 Å². The lowest BCUT2D eigenvalue weighted by Gasteiger charge is -2.28. The Hall–Kier alpha value is -2.40. The van der Waals surface area contributed by atoms with E-state index < -0.39 is 0 Å². The predicted octanol–water partition coefficient (Wildman–Crippen LogP) is 4.32. The first-order valence-electron chi connectivity index (χ1n) is 7.94. The Morgan fingerprint density at radius 3 is 2.67 bits per heavy atom. The number of nitrogens with zero attached hydrogens (tertiary/aromatic N) is 2. The summed E-state index contributed by atoms with van der Waals surface area (Å²) in [6.45, 7) is 4.42. The summed E-state index contributed by atoms with van der Waals surface area (Å²) in [6.07, 6.45) is 0.826. The van der Waals surface area contributed by atoms with Crippen molar-refractivity contribution in [2.24, 2.45) is 0 Å². The first kappa shape index (κ1) is 16.5. The van der Waals surface area contributed by atoms with Gasteiger partial charge in [0.2, 0.25) is 0 Å². The van der Waals surface area contributed by atoms with Gasteiger partial charge < -0.3 is 9.42 Å². The summed E-state index contributed by atoms with van der Waals surface area (Å²) < 4.78 is 5.08. The number of amides is 1. The van der Waals surface area contributed by atoms with Crippen LogP contribution < -0.4 is 0 Å². The third-order valence-corrected chi connectivity index (χ3v) is 4.81. The molecule has 0 N–H and O–H groups in total. The Morgan fingerprint density at radius 1 is 1.25 bits per heavy atom. The maximum Gasteiger partial charge on any atom is 0.276 e. The number of carbonyl (C=O) groups excluding carboxylic acids is 1.